The van der Waals surface area contributed by atoms with Crippen LogP contribution in [0.4, 0.5) is 0 Å². The average molecular weight is 320 g/mol. The topological polar surface area (TPSA) is 45.2 Å². The van der Waals surface area contributed by atoms with Gasteiger partial charge in [-0.2, -0.15) is 0 Å². The number of fused-ring (bicyclic) bond motifs is 1. The number of hydrogen-bond donors (Lipinski definition) is 1. The zero-order valence-corrected chi connectivity index (χ0v) is 14.3. The van der Waals surface area contributed by atoms with Gasteiger partial charge in [-0.3, -0.25) is 4.90 Å². The lowest BCUT2D eigenvalue weighted by Crippen LogP contribution is -2.53. The van der Waals surface area contributed by atoms with Crippen molar-refractivity contribution in [2.45, 2.75) is 31.9 Å². The van der Waals surface area contributed by atoms with Crippen LogP contribution >= 0.6 is 0 Å². The molecule has 1 N–H and O–H groups in total. The molecule has 1 saturated heterocycles. The zero-order chi connectivity index (χ0) is 16.3. The van der Waals surface area contributed by atoms with Crippen LogP contribution in [0.25, 0.3) is 0 Å². The number of nitrogens with zero attached hydrogens (tertiary/aromatic N) is 2. The second-order valence-electron chi connectivity index (χ2n) is 6.85. The minimum Gasteiger partial charge on any atom is -0.486 e. The highest BCUT2D eigenvalue weighted by Gasteiger charge is 2.33. The molecule has 3 rings (SSSR count). The quantitative estimate of drug-likeness (QED) is 0.895. The summed E-state index contributed by atoms with van der Waals surface area (Å²) < 4.78 is 11.2. The van der Waals surface area contributed by atoms with E-state index >= 15 is 0 Å². The molecule has 2 heterocycles. The molecule has 2 aliphatic heterocycles. The fraction of sp³-hybridized carbons (Fsp3) is 0.667. The van der Waals surface area contributed by atoms with Gasteiger partial charge in [-0.15, -0.1) is 0 Å². The Bertz CT molecular complexity index is 537. The molecule has 23 heavy (non-hydrogen) atoms. The molecule has 1 aromatic carbocycles. The summed E-state index contributed by atoms with van der Waals surface area (Å²) in [6.45, 7) is 7.66. The highest BCUT2D eigenvalue weighted by atomic mass is 16.6. The van der Waals surface area contributed by atoms with Crippen LogP contribution in [0.2, 0.25) is 0 Å². The van der Waals surface area contributed by atoms with Gasteiger partial charge in [0.15, 0.2) is 11.5 Å². The predicted molar refractivity (Wildman–Crippen MR) is 90.1 cm³/mol. The maximum Gasteiger partial charge on any atom is 0.161 e. The molecule has 5 nitrogen and oxygen atoms in total. The second-order valence-corrected chi connectivity index (χ2v) is 6.85. The third-order valence-electron chi connectivity index (χ3n) is 4.72. The molecular formula is C18H28N2O3. The van der Waals surface area contributed by atoms with E-state index in [4.69, 9.17) is 9.47 Å². The SMILES string of the molecule is CCN(Cc1ccc2c(c1)OCCO2)C[C@]1(O)CCCN(C)C1. The summed E-state index contributed by atoms with van der Waals surface area (Å²) in [6.07, 6.45) is 1.95. The van der Waals surface area contributed by atoms with E-state index in [1.807, 2.05) is 6.07 Å². The Balaban J connectivity index is 1.65. The van der Waals surface area contributed by atoms with Crippen LogP contribution in [0.15, 0.2) is 18.2 Å². The van der Waals surface area contributed by atoms with Crippen molar-refractivity contribution in [3.05, 3.63) is 23.8 Å². The van der Waals surface area contributed by atoms with E-state index in [9.17, 15) is 5.11 Å². The number of hydrogen-bond acceptors (Lipinski definition) is 5. The van der Waals surface area contributed by atoms with Crippen molar-refractivity contribution in [1.82, 2.24) is 9.80 Å². The summed E-state index contributed by atoms with van der Waals surface area (Å²) in [6, 6.07) is 6.14. The van der Waals surface area contributed by atoms with Crippen molar-refractivity contribution in [3.8, 4) is 11.5 Å². The van der Waals surface area contributed by atoms with Crippen LogP contribution < -0.4 is 9.47 Å². The summed E-state index contributed by atoms with van der Waals surface area (Å²) in [5.41, 5.74) is 0.598. The molecule has 0 amide bonds. The van der Waals surface area contributed by atoms with Gasteiger partial charge in [0.05, 0.1) is 5.60 Å². The van der Waals surface area contributed by atoms with Gasteiger partial charge < -0.3 is 19.5 Å². The molecular weight excluding hydrogens is 292 g/mol. The van der Waals surface area contributed by atoms with E-state index in [-0.39, 0.29) is 0 Å². The number of benzene rings is 1. The molecule has 1 fully saturated rings. The van der Waals surface area contributed by atoms with E-state index < -0.39 is 5.60 Å². The minimum absolute atomic E-state index is 0.600. The third kappa shape index (κ3) is 4.16. The van der Waals surface area contributed by atoms with Gasteiger partial charge in [0.2, 0.25) is 0 Å². The molecule has 0 aliphatic carbocycles. The third-order valence-corrected chi connectivity index (χ3v) is 4.72. The van der Waals surface area contributed by atoms with E-state index in [2.05, 4.69) is 35.9 Å². The molecule has 0 bridgehead atoms. The maximum absolute atomic E-state index is 10.9. The smallest absolute Gasteiger partial charge is 0.161 e. The van der Waals surface area contributed by atoms with Gasteiger partial charge >= 0.3 is 0 Å². The van der Waals surface area contributed by atoms with E-state index in [0.29, 0.717) is 19.8 Å². The van der Waals surface area contributed by atoms with Gasteiger partial charge in [0, 0.05) is 19.6 Å². The number of ether oxygens (including phenoxy) is 2. The van der Waals surface area contributed by atoms with Crippen molar-refractivity contribution in [1.29, 1.82) is 0 Å². The molecule has 0 aromatic heterocycles. The summed E-state index contributed by atoms with van der Waals surface area (Å²) in [4.78, 5) is 4.53. The molecule has 1 aromatic rings. The Labute approximate surface area is 138 Å². The summed E-state index contributed by atoms with van der Waals surface area (Å²) in [5, 5.41) is 10.9. The largest absolute Gasteiger partial charge is 0.486 e. The van der Waals surface area contributed by atoms with Crippen LogP contribution in [-0.4, -0.2) is 66.9 Å². The van der Waals surface area contributed by atoms with Gasteiger partial charge in [0.25, 0.3) is 0 Å². The maximum atomic E-state index is 10.9. The first-order chi connectivity index (χ1) is 11.1. The number of piperidine rings is 1. The van der Waals surface area contributed by atoms with Crippen LogP contribution in [0.3, 0.4) is 0 Å². The lowest BCUT2D eigenvalue weighted by molar-refractivity contribution is -0.0478. The number of likely N-dealkylation sites (tertiary alicyclic amines) is 1. The standard InChI is InChI=1S/C18H28N2O3/c1-3-20(14-18(21)7-4-8-19(2)13-18)12-15-5-6-16-17(11-15)23-10-9-22-16/h5-6,11,21H,3-4,7-10,12-14H2,1-2H3/t18-/m0/s1. The average Bonchev–Trinajstić information content (AvgIpc) is 2.53. The van der Waals surface area contributed by atoms with Gasteiger partial charge in [-0.05, 0) is 50.7 Å². The monoisotopic (exact) mass is 320 g/mol. The van der Waals surface area contributed by atoms with E-state index in [1.54, 1.807) is 0 Å². The Morgan fingerprint density at radius 2 is 2.04 bits per heavy atom. The first-order valence-corrected chi connectivity index (χ1v) is 8.60. The van der Waals surface area contributed by atoms with Gasteiger partial charge in [0.1, 0.15) is 13.2 Å². The number of β-amino-alcohol motifs (C(OH)–C–C–N with tert-alkyl or cyclic N) is 1. The first kappa shape index (κ1) is 16.6. The van der Waals surface area contributed by atoms with E-state index in [0.717, 1.165) is 50.5 Å². The van der Waals surface area contributed by atoms with Crippen molar-refractivity contribution in [2.24, 2.45) is 0 Å². The molecule has 5 heteroatoms. The van der Waals surface area contributed by atoms with Gasteiger partial charge in [-0.1, -0.05) is 13.0 Å². The molecule has 128 valence electrons. The van der Waals surface area contributed by atoms with Crippen molar-refractivity contribution in [3.63, 3.8) is 0 Å². The summed E-state index contributed by atoms with van der Waals surface area (Å²) >= 11 is 0. The summed E-state index contributed by atoms with van der Waals surface area (Å²) in [5.74, 6) is 1.66. The normalized spacial score (nSPS) is 24.9. The summed E-state index contributed by atoms with van der Waals surface area (Å²) in [7, 11) is 2.08. The molecule has 0 saturated carbocycles. The van der Waals surface area contributed by atoms with Crippen LogP contribution in [0.1, 0.15) is 25.3 Å². The fourth-order valence-electron chi connectivity index (χ4n) is 3.61. The number of rotatable bonds is 5. The fourth-order valence-corrected chi connectivity index (χ4v) is 3.61. The number of aliphatic hydroxyl groups is 1. The van der Waals surface area contributed by atoms with E-state index in [1.165, 1.54) is 5.56 Å². The zero-order valence-electron chi connectivity index (χ0n) is 14.3. The molecule has 0 radical (unpaired) electrons. The highest BCUT2D eigenvalue weighted by molar-refractivity contribution is 5.43. The molecule has 0 spiro atoms. The van der Waals surface area contributed by atoms with Crippen molar-refractivity contribution in [2.75, 3.05) is 46.4 Å². The molecule has 2 aliphatic rings. The predicted octanol–water partition coefficient (Wildman–Crippen LogP) is 1.74. The molecule has 1 atom stereocenters. The number of likely N-dealkylation sites (N-methyl/N-ethyl adjacent to an activating group) is 2. The minimum atomic E-state index is -0.600. The lowest BCUT2D eigenvalue weighted by atomic mass is 9.92. The van der Waals surface area contributed by atoms with Crippen LogP contribution in [0.5, 0.6) is 11.5 Å². The lowest BCUT2D eigenvalue weighted by Gasteiger charge is -2.40. The van der Waals surface area contributed by atoms with Gasteiger partial charge in [-0.25, -0.2) is 0 Å². The van der Waals surface area contributed by atoms with Crippen molar-refractivity contribution < 1.29 is 14.6 Å². The Morgan fingerprint density at radius 3 is 2.78 bits per heavy atom. The Hall–Kier alpha value is -1.30. The van der Waals surface area contributed by atoms with Crippen molar-refractivity contribution >= 4 is 0 Å². The Kier molecular flexibility index (Phi) is 5.09. The van der Waals surface area contributed by atoms with Crippen LogP contribution in [0, 0.1) is 0 Å². The molecule has 0 unspecified atom stereocenters. The second kappa shape index (κ2) is 7.07. The van der Waals surface area contributed by atoms with Crippen LogP contribution in [-0.2, 0) is 6.54 Å². The Morgan fingerprint density at radius 1 is 1.26 bits per heavy atom. The highest BCUT2D eigenvalue weighted by Crippen LogP contribution is 2.31. The first-order valence-electron chi connectivity index (χ1n) is 8.60.